The first-order valence-corrected chi connectivity index (χ1v) is 7.13. The molecule has 0 amide bonds. The normalized spacial score (nSPS) is 21.4. The van der Waals surface area contributed by atoms with Gasteiger partial charge in [0.05, 0.1) is 7.11 Å². The van der Waals surface area contributed by atoms with Crippen molar-refractivity contribution in [1.29, 1.82) is 0 Å². The molecule has 1 aliphatic heterocycles. The zero-order valence-electron chi connectivity index (χ0n) is 13.0. The van der Waals surface area contributed by atoms with Crippen LogP contribution in [0.4, 0.5) is 0 Å². The summed E-state index contributed by atoms with van der Waals surface area (Å²) in [4.78, 5) is 16.7. The molecule has 0 aromatic heterocycles. The third kappa shape index (κ3) is 4.75. The van der Waals surface area contributed by atoms with E-state index in [1.165, 1.54) is 7.11 Å². The summed E-state index contributed by atoms with van der Waals surface area (Å²) in [5.41, 5.74) is -0.616. The van der Waals surface area contributed by atoms with Gasteiger partial charge in [-0.1, -0.05) is 13.8 Å². The second kappa shape index (κ2) is 7.22. The molecule has 0 aromatic carbocycles. The molecule has 5 heteroatoms. The van der Waals surface area contributed by atoms with E-state index >= 15 is 0 Å². The van der Waals surface area contributed by atoms with Crippen LogP contribution in [-0.2, 0) is 9.53 Å². The number of hydrogen-bond acceptors (Lipinski definition) is 5. The fourth-order valence-electron chi connectivity index (χ4n) is 2.56. The first-order chi connectivity index (χ1) is 8.91. The number of rotatable bonds is 6. The Hall–Kier alpha value is -0.650. The average molecular weight is 271 g/mol. The SMILES string of the molecule is CNC(C)(CN1CCN(CC(C)C)CC1)C(=O)OC. The minimum Gasteiger partial charge on any atom is -0.468 e. The van der Waals surface area contributed by atoms with Crippen LogP contribution in [0.5, 0.6) is 0 Å². The van der Waals surface area contributed by atoms with Gasteiger partial charge in [0.2, 0.25) is 0 Å². The van der Waals surface area contributed by atoms with Gasteiger partial charge in [-0.2, -0.15) is 0 Å². The van der Waals surface area contributed by atoms with Crippen molar-refractivity contribution in [3.05, 3.63) is 0 Å². The summed E-state index contributed by atoms with van der Waals surface area (Å²) >= 11 is 0. The van der Waals surface area contributed by atoms with Gasteiger partial charge in [-0.3, -0.25) is 9.69 Å². The molecule has 1 unspecified atom stereocenters. The Morgan fingerprint density at radius 3 is 2.21 bits per heavy atom. The Labute approximate surface area is 117 Å². The molecule has 0 radical (unpaired) electrons. The molecule has 0 aliphatic carbocycles. The molecule has 112 valence electrons. The lowest BCUT2D eigenvalue weighted by Crippen LogP contribution is -2.59. The first kappa shape index (κ1) is 16.4. The van der Waals surface area contributed by atoms with Crippen LogP contribution >= 0.6 is 0 Å². The van der Waals surface area contributed by atoms with E-state index in [4.69, 9.17) is 4.74 Å². The van der Waals surface area contributed by atoms with Gasteiger partial charge < -0.3 is 15.0 Å². The summed E-state index contributed by atoms with van der Waals surface area (Å²) in [6.45, 7) is 12.5. The van der Waals surface area contributed by atoms with Crippen LogP contribution in [0.2, 0.25) is 0 Å². The third-order valence-electron chi connectivity index (χ3n) is 3.82. The van der Waals surface area contributed by atoms with Crippen LogP contribution in [-0.4, -0.2) is 74.7 Å². The molecule has 1 aliphatic rings. The van der Waals surface area contributed by atoms with Gasteiger partial charge >= 0.3 is 5.97 Å². The minimum atomic E-state index is -0.616. The Morgan fingerprint density at radius 1 is 1.26 bits per heavy atom. The van der Waals surface area contributed by atoms with Crippen molar-refractivity contribution in [2.75, 3.05) is 53.4 Å². The summed E-state index contributed by atoms with van der Waals surface area (Å²) in [7, 11) is 3.25. The predicted octanol–water partition coefficient (Wildman–Crippen LogP) is 0.411. The minimum absolute atomic E-state index is 0.195. The van der Waals surface area contributed by atoms with Gasteiger partial charge in [0.15, 0.2) is 0 Å². The molecule has 1 saturated heterocycles. The van der Waals surface area contributed by atoms with Gasteiger partial charge in [0, 0.05) is 39.3 Å². The van der Waals surface area contributed by atoms with Gasteiger partial charge in [-0.25, -0.2) is 0 Å². The lowest BCUT2D eigenvalue weighted by Gasteiger charge is -2.39. The maximum atomic E-state index is 11.8. The number of carbonyl (C=O) groups is 1. The second-order valence-electron chi connectivity index (χ2n) is 6.04. The maximum absolute atomic E-state index is 11.8. The maximum Gasteiger partial charge on any atom is 0.327 e. The third-order valence-corrected chi connectivity index (χ3v) is 3.82. The smallest absolute Gasteiger partial charge is 0.327 e. The lowest BCUT2D eigenvalue weighted by molar-refractivity contribution is -0.148. The van der Waals surface area contributed by atoms with Crippen LogP contribution in [0, 0.1) is 5.92 Å². The zero-order chi connectivity index (χ0) is 14.5. The van der Waals surface area contributed by atoms with Crippen LogP contribution in [0.3, 0.4) is 0 Å². The summed E-state index contributed by atoms with van der Waals surface area (Å²) in [5.74, 6) is 0.517. The van der Waals surface area contributed by atoms with E-state index in [0.717, 1.165) is 32.7 Å². The highest BCUT2D eigenvalue weighted by Gasteiger charge is 2.35. The molecule has 0 bridgehead atoms. The van der Waals surface area contributed by atoms with Gasteiger partial charge in [-0.05, 0) is 19.9 Å². The molecular formula is C14H29N3O2. The number of methoxy groups -OCH3 is 1. The number of carbonyl (C=O) groups excluding carboxylic acids is 1. The van der Waals surface area contributed by atoms with Crippen molar-refractivity contribution < 1.29 is 9.53 Å². The van der Waals surface area contributed by atoms with E-state index in [2.05, 4.69) is 29.0 Å². The Kier molecular flexibility index (Phi) is 6.23. The largest absolute Gasteiger partial charge is 0.468 e. The Morgan fingerprint density at radius 2 is 1.79 bits per heavy atom. The molecule has 1 heterocycles. The predicted molar refractivity (Wildman–Crippen MR) is 77.2 cm³/mol. The molecule has 0 aromatic rings. The van der Waals surface area contributed by atoms with Crippen molar-refractivity contribution in [3.8, 4) is 0 Å². The van der Waals surface area contributed by atoms with Crippen LogP contribution in [0.1, 0.15) is 20.8 Å². The number of likely N-dealkylation sites (N-methyl/N-ethyl adjacent to an activating group) is 1. The van der Waals surface area contributed by atoms with E-state index in [9.17, 15) is 4.79 Å². The van der Waals surface area contributed by atoms with Crippen LogP contribution in [0.15, 0.2) is 0 Å². The van der Waals surface area contributed by atoms with Crippen molar-refractivity contribution in [3.63, 3.8) is 0 Å². The van der Waals surface area contributed by atoms with E-state index in [-0.39, 0.29) is 5.97 Å². The summed E-state index contributed by atoms with van der Waals surface area (Å²) in [6, 6.07) is 0. The topological polar surface area (TPSA) is 44.8 Å². The number of esters is 1. The summed E-state index contributed by atoms with van der Waals surface area (Å²) in [6.07, 6.45) is 0. The molecule has 1 fully saturated rings. The number of nitrogens with zero attached hydrogens (tertiary/aromatic N) is 2. The lowest BCUT2D eigenvalue weighted by atomic mass is 10.0. The second-order valence-corrected chi connectivity index (χ2v) is 6.04. The van der Waals surface area contributed by atoms with E-state index < -0.39 is 5.54 Å². The van der Waals surface area contributed by atoms with Crippen molar-refractivity contribution >= 4 is 5.97 Å². The highest BCUT2D eigenvalue weighted by molar-refractivity contribution is 5.80. The van der Waals surface area contributed by atoms with E-state index in [0.29, 0.717) is 12.5 Å². The van der Waals surface area contributed by atoms with Crippen LogP contribution in [0.25, 0.3) is 0 Å². The highest BCUT2D eigenvalue weighted by atomic mass is 16.5. The van der Waals surface area contributed by atoms with Gasteiger partial charge in [0.25, 0.3) is 0 Å². The number of nitrogens with one attached hydrogen (secondary N) is 1. The van der Waals surface area contributed by atoms with E-state index in [1.807, 2.05) is 14.0 Å². The molecule has 1 N–H and O–H groups in total. The summed E-state index contributed by atoms with van der Waals surface area (Å²) < 4.78 is 4.88. The highest BCUT2D eigenvalue weighted by Crippen LogP contribution is 2.12. The quantitative estimate of drug-likeness (QED) is 0.709. The monoisotopic (exact) mass is 271 g/mol. The van der Waals surface area contributed by atoms with Crippen molar-refractivity contribution in [2.45, 2.75) is 26.3 Å². The van der Waals surface area contributed by atoms with Crippen molar-refractivity contribution in [1.82, 2.24) is 15.1 Å². The zero-order valence-corrected chi connectivity index (χ0v) is 13.0. The van der Waals surface area contributed by atoms with E-state index in [1.54, 1.807) is 0 Å². The molecule has 0 spiro atoms. The number of ether oxygens (including phenoxy) is 1. The molecule has 5 nitrogen and oxygen atoms in total. The fraction of sp³-hybridized carbons (Fsp3) is 0.929. The first-order valence-electron chi connectivity index (χ1n) is 7.13. The number of hydrogen-bond donors (Lipinski definition) is 1. The molecular weight excluding hydrogens is 242 g/mol. The molecule has 1 rings (SSSR count). The van der Waals surface area contributed by atoms with Gasteiger partial charge in [0.1, 0.15) is 5.54 Å². The number of piperazine rings is 1. The van der Waals surface area contributed by atoms with Crippen molar-refractivity contribution in [2.24, 2.45) is 5.92 Å². The molecule has 19 heavy (non-hydrogen) atoms. The Bertz CT molecular complexity index is 288. The van der Waals surface area contributed by atoms with Crippen LogP contribution < -0.4 is 5.32 Å². The molecule has 0 saturated carbocycles. The summed E-state index contributed by atoms with van der Waals surface area (Å²) in [5, 5.41) is 3.09. The van der Waals surface area contributed by atoms with Gasteiger partial charge in [-0.15, -0.1) is 0 Å². The average Bonchev–Trinajstić information content (AvgIpc) is 2.39. The molecule has 1 atom stereocenters. The standard InChI is InChI=1S/C14H29N3O2/c1-12(2)10-16-6-8-17(9-7-16)11-14(3,15-4)13(18)19-5/h12,15H,6-11H2,1-5H3. The Balaban J connectivity index is 2.45. The fourth-order valence-corrected chi connectivity index (χ4v) is 2.56.